The second-order valence-electron chi connectivity index (χ2n) is 10.9. The number of benzene rings is 1. The molecule has 38 heavy (non-hydrogen) atoms. The summed E-state index contributed by atoms with van der Waals surface area (Å²) in [4.78, 5) is 41.5. The molecule has 0 aliphatic heterocycles. The third kappa shape index (κ3) is 12.3. The molecule has 0 saturated heterocycles. The lowest BCUT2D eigenvalue weighted by Gasteiger charge is -2.34. The van der Waals surface area contributed by atoms with Crippen molar-refractivity contribution in [3.05, 3.63) is 35.4 Å². The Balaban J connectivity index is 3.29. The zero-order valence-electron chi connectivity index (χ0n) is 24.5. The fourth-order valence-corrected chi connectivity index (χ4v) is 4.29. The number of carbonyl (C=O) groups excluding carboxylic acids is 3. The monoisotopic (exact) mass is 533 g/mol. The van der Waals surface area contributed by atoms with Gasteiger partial charge in [0.2, 0.25) is 11.8 Å². The molecule has 3 N–H and O–H groups in total. The number of rotatable bonds is 17. The van der Waals surface area contributed by atoms with Crippen molar-refractivity contribution in [2.75, 3.05) is 19.7 Å². The topological polar surface area (TPSA) is 108 Å². The molecule has 216 valence electrons. The van der Waals surface area contributed by atoms with E-state index in [0.717, 1.165) is 56.1 Å². The van der Waals surface area contributed by atoms with Gasteiger partial charge < -0.3 is 25.4 Å². The van der Waals surface area contributed by atoms with Crippen LogP contribution in [-0.2, 0) is 14.3 Å². The van der Waals surface area contributed by atoms with Gasteiger partial charge in [0.25, 0.3) is 0 Å². The molecule has 0 aliphatic carbocycles. The van der Waals surface area contributed by atoms with Crippen LogP contribution in [0.15, 0.2) is 24.3 Å². The highest BCUT2D eigenvalue weighted by Gasteiger charge is 2.36. The Kier molecular flexibility index (Phi) is 15.7. The van der Waals surface area contributed by atoms with Crippen LogP contribution in [0.25, 0.3) is 0 Å². The van der Waals surface area contributed by atoms with Gasteiger partial charge in [-0.15, -0.1) is 0 Å². The summed E-state index contributed by atoms with van der Waals surface area (Å²) < 4.78 is 5.31. The highest BCUT2D eigenvalue weighted by Crippen LogP contribution is 2.26. The summed E-state index contributed by atoms with van der Waals surface area (Å²) in [5.41, 5.74) is 0.865. The van der Waals surface area contributed by atoms with Crippen LogP contribution in [0.5, 0.6) is 0 Å². The van der Waals surface area contributed by atoms with Crippen molar-refractivity contribution in [1.29, 1.82) is 0 Å². The summed E-state index contributed by atoms with van der Waals surface area (Å²) in [6, 6.07) is 5.43. The van der Waals surface area contributed by atoms with Crippen molar-refractivity contribution in [3.63, 3.8) is 0 Å². The summed E-state index contributed by atoms with van der Waals surface area (Å²) in [7, 11) is 0. The molecule has 2 unspecified atom stereocenters. The van der Waals surface area contributed by atoms with E-state index >= 15 is 0 Å². The second-order valence-corrected chi connectivity index (χ2v) is 10.9. The molecular formula is C30H51N3O5. The molecule has 8 heteroatoms. The van der Waals surface area contributed by atoms with Gasteiger partial charge in [-0.25, -0.2) is 4.79 Å². The summed E-state index contributed by atoms with van der Waals surface area (Å²) in [6.45, 7) is 11.6. The Bertz CT molecular complexity index is 853. The number of carbonyl (C=O) groups is 3. The Labute approximate surface area is 229 Å². The number of nitrogens with one attached hydrogen (secondary N) is 2. The number of alkyl carbamates (subject to hydrolysis) is 1. The number of amides is 3. The molecule has 0 saturated carbocycles. The molecular weight excluding hydrogens is 482 g/mol. The molecule has 0 aromatic heterocycles. The number of aliphatic hydroxyl groups excluding tert-OH is 1. The summed E-state index contributed by atoms with van der Waals surface area (Å²) in [6.07, 6.45) is 8.23. The van der Waals surface area contributed by atoms with E-state index in [1.54, 1.807) is 20.8 Å². The minimum Gasteiger partial charge on any atom is -0.444 e. The van der Waals surface area contributed by atoms with Crippen molar-refractivity contribution in [3.8, 4) is 0 Å². The van der Waals surface area contributed by atoms with Gasteiger partial charge in [-0.1, -0.05) is 83.1 Å². The van der Waals surface area contributed by atoms with E-state index in [1.165, 1.54) is 11.3 Å². The number of aliphatic hydroxyl groups is 1. The average Bonchev–Trinajstić information content (AvgIpc) is 2.85. The van der Waals surface area contributed by atoms with E-state index in [4.69, 9.17) is 4.74 Å². The van der Waals surface area contributed by atoms with E-state index in [1.807, 2.05) is 31.2 Å². The quantitative estimate of drug-likeness (QED) is 0.232. The molecule has 2 atom stereocenters. The normalized spacial score (nSPS) is 12.9. The number of ether oxygens (including phenoxy) is 1. The molecule has 1 aromatic rings. The molecule has 1 aromatic carbocycles. The highest BCUT2D eigenvalue weighted by atomic mass is 16.6. The van der Waals surface area contributed by atoms with Crippen LogP contribution >= 0.6 is 0 Å². The smallest absolute Gasteiger partial charge is 0.408 e. The molecule has 1 rings (SSSR count). The van der Waals surface area contributed by atoms with Crippen LogP contribution < -0.4 is 10.6 Å². The van der Waals surface area contributed by atoms with Crippen molar-refractivity contribution >= 4 is 17.9 Å². The maximum atomic E-state index is 13.9. The molecule has 0 spiro atoms. The fraction of sp³-hybridized carbons (Fsp3) is 0.700. The van der Waals surface area contributed by atoms with Crippen LogP contribution in [0, 0.1) is 6.92 Å². The number of hydrogen-bond donors (Lipinski definition) is 3. The van der Waals surface area contributed by atoms with Crippen LogP contribution in [0.3, 0.4) is 0 Å². The molecule has 0 fully saturated rings. The van der Waals surface area contributed by atoms with Gasteiger partial charge in [0.15, 0.2) is 0 Å². The number of hydrogen-bond acceptors (Lipinski definition) is 5. The summed E-state index contributed by atoms with van der Waals surface area (Å²) in [5.74, 6) is -0.771. The van der Waals surface area contributed by atoms with Gasteiger partial charge in [-0.05, 0) is 51.7 Å². The van der Waals surface area contributed by atoms with E-state index < -0.39 is 36.3 Å². The minimum absolute atomic E-state index is 0.260. The van der Waals surface area contributed by atoms with E-state index in [0.29, 0.717) is 19.5 Å². The average molecular weight is 534 g/mol. The summed E-state index contributed by atoms with van der Waals surface area (Å²) in [5, 5.41) is 15.6. The first-order chi connectivity index (χ1) is 18.1. The van der Waals surface area contributed by atoms with Crippen molar-refractivity contribution in [2.24, 2.45) is 0 Å². The van der Waals surface area contributed by atoms with Crippen LogP contribution in [0.1, 0.15) is 110 Å². The maximum absolute atomic E-state index is 13.9. The number of nitrogens with zero attached hydrogens (tertiary/aromatic N) is 1. The van der Waals surface area contributed by atoms with Crippen molar-refractivity contribution < 1.29 is 24.2 Å². The highest BCUT2D eigenvalue weighted by molar-refractivity contribution is 5.92. The Morgan fingerprint density at radius 2 is 1.55 bits per heavy atom. The van der Waals surface area contributed by atoms with Crippen LogP contribution in [-0.4, -0.2) is 59.3 Å². The van der Waals surface area contributed by atoms with Crippen LogP contribution in [0.2, 0.25) is 0 Å². The van der Waals surface area contributed by atoms with Gasteiger partial charge in [0.05, 0.1) is 6.61 Å². The number of unbranched alkanes of at least 4 members (excludes halogenated alkanes) is 7. The zero-order chi connectivity index (χ0) is 28.6. The first-order valence-corrected chi connectivity index (χ1v) is 14.3. The lowest BCUT2D eigenvalue weighted by molar-refractivity contribution is -0.143. The molecule has 0 aliphatic rings. The SMILES string of the molecule is CCCCCCCCN(C(=O)C(CO)NC(=O)OC(C)(C)C)C(C(=O)NCCCCC)c1ccccc1C. The van der Waals surface area contributed by atoms with E-state index in [9.17, 15) is 19.5 Å². The Morgan fingerprint density at radius 1 is 0.947 bits per heavy atom. The van der Waals surface area contributed by atoms with E-state index in [-0.39, 0.29) is 5.91 Å². The van der Waals surface area contributed by atoms with Crippen molar-refractivity contribution in [2.45, 2.75) is 117 Å². The Hall–Kier alpha value is -2.61. The maximum Gasteiger partial charge on any atom is 0.408 e. The van der Waals surface area contributed by atoms with Crippen molar-refractivity contribution in [1.82, 2.24) is 15.5 Å². The van der Waals surface area contributed by atoms with Crippen LogP contribution in [0.4, 0.5) is 4.79 Å². The third-order valence-corrected chi connectivity index (χ3v) is 6.33. The molecule has 0 heterocycles. The zero-order valence-corrected chi connectivity index (χ0v) is 24.5. The first kappa shape index (κ1) is 33.4. The van der Waals surface area contributed by atoms with E-state index in [2.05, 4.69) is 24.5 Å². The molecule has 3 amide bonds. The molecule has 0 bridgehead atoms. The Morgan fingerprint density at radius 3 is 2.16 bits per heavy atom. The number of aryl methyl sites for hydroxylation is 1. The largest absolute Gasteiger partial charge is 0.444 e. The lowest BCUT2D eigenvalue weighted by atomic mass is 9.97. The fourth-order valence-electron chi connectivity index (χ4n) is 4.29. The van der Waals surface area contributed by atoms with Gasteiger partial charge in [0, 0.05) is 13.1 Å². The standard InChI is InChI=1S/C30H51N3O5/c1-7-9-11-12-13-17-21-33(28(36)25(22-34)32-29(37)38-30(4,5)6)26(24-19-15-14-18-23(24)3)27(35)31-20-16-10-8-2/h14-15,18-19,25-26,34H,7-13,16-17,20-22H2,1-6H3,(H,31,35)(H,32,37). The lowest BCUT2D eigenvalue weighted by Crippen LogP contribution is -2.54. The predicted octanol–water partition coefficient (Wildman–Crippen LogP) is 5.42. The molecule has 0 radical (unpaired) electrons. The van der Waals surface area contributed by atoms with Gasteiger partial charge in [-0.2, -0.15) is 0 Å². The first-order valence-electron chi connectivity index (χ1n) is 14.3. The second kappa shape index (κ2) is 17.8. The molecule has 8 nitrogen and oxygen atoms in total. The minimum atomic E-state index is -1.23. The van der Waals surface area contributed by atoms with Gasteiger partial charge >= 0.3 is 6.09 Å². The predicted molar refractivity (Wildman–Crippen MR) is 152 cm³/mol. The van der Waals surface area contributed by atoms with Gasteiger partial charge in [0.1, 0.15) is 17.7 Å². The third-order valence-electron chi connectivity index (χ3n) is 6.33. The van der Waals surface area contributed by atoms with Gasteiger partial charge in [-0.3, -0.25) is 9.59 Å². The summed E-state index contributed by atoms with van der Waals surface area (Å²) >= 11 is 0.